The first-order chi connectivity index (χ1) is 20.6. The Morgan fingerprint density at radius 2 is 1.83 bits per heavy atom. The number of ether oxygens (including phenoxy) is 2. The molecule has 0 bridgehead atoms. The Labute approximate surface area is 248 Å². The van der Waals surface area contributed by atoms with Crippen LogP contribution in [0, 0.1) is 5.82 Å². The number of anilines is 2. The molecule has 1 saturated heterocycles. The van der Waals surface area contributed by atoms with Crippen molar-refractivity contribution in [2.24, 2.45) is 0 Å². The van der Waals surface area contributed by atoms with E-state index in [1.54, 1.807) is 28.9 Å². The van der Waals surface area contributed by atoms with Gasteiger partial charge in [0.15, 0.2) is 11.3 Å². The predicted molar refractivity (Wildman–Crippen MR) is 161 cm³/mol. The Hall–Kier alpha value is -4.09. The maximum atomic E-state index is 13.4. The molecule has 0 spiro atoms. The lowest BCUT2D eigenvalue weighted by molar-refractivity contribution is 0.0384. The quantitative estimate of drug-likeness (QED) is 0.200. The fourth-order valence-electron chi connectivity index (χ4n) is 4.74. The SMILES string of the molecule is Fc1cccc(COc2ccc(Nc3ncnc4cn(-c5ccc(CNCCN6CCOCC6)cc5)nc34)cc2Cl)c1. The molecule has 1 aliphatic heterocycles. The lowest BCUT2D eigenvalue weighted by Gasteiger charge is -2.26. The molecule has 3 aromatic carbocycles. The Morgan fingerprint density at radius 1 is 0.976 bits per heavy atom. The van der Waals surface area contributed by atoms with E-state index >= 15 is 0 Å². The average molecular weight is 588 g/mol. The smallest absolute Gasteiger partial charge is 0.162 e. The molecule has 2 aromatic heterocycles. The molecule has 1 fully saturated rings. The molecule has 0 saturated carbocycles. The van der Waals surface area contributed by atoms with Crippen LogP contribution in [0.5, 0.6) is 5.75 Å². The van der Waals surface area contributed by atoms with Gasteiger partial charge in [-0.15, -0.1) is 0 Å². The molecular weight excluding hydrogens is 557 g/mol. The summed E-state index contributed by atoms with van der Waals surface area (Å²) in [5.74, 6) is 0.754. The van der Waals surface area contributed by atoms with Crippen molar-refractivity contribution in [1.29, 1.82) is 0 Å². The molecule has 0 unspecified atom stereocenters. The second-order valence-electron chi connectivity index (χ2n) is 10.0. The Kier molecular flexibility index (Phi) is 8.86. The summed E-state index contributed by atoms with van der Waals surface area (Å²) in [6.07, 6.45) is 3.38. The molecule has 1 aliphatic rings. The van der Waals surface area contributed by atoms with Crippen LogP contribution in [0.1, 0.15) is 11.1 Å². The fraction of sp³-hybridized carbons (Fsp3) is 0.258. The van der Waals surface area contributed by atoms with Gasteiger partial charge in [0.2, 0.25) is 0 Å². The van der Waals surface area contributed by atoms with E-state index in [4.69, 9.17) is 26.2 Å². The summed E-state index contributed by atoms with van der Waals surface area (Å²) < 4.78 is 26.4. The first kappa shape index (κ1) is 28.0. The highest BCUT2D eigenvalue weighted by molar-refractivity contribution is 6.32. The molecule has 0 aliphatic carbocycles. The van der Waals surface area contributed by atoms with Crippen LogP contribution in [0.15, 0.2) is 79.3 Å². The highest BCUT2D eigenvalue weighted by Crippen LogP contribution is 2.31. The van der Waals surface area contributed by atoms with Crippen LogP contribution < -0.4 is 15.4 Å². The van der Waals surface area contributed by atoms with Crippen molar-refractivity contribution in [2.75, 3.05) is 44.7 Å². The van der Waals surface area contributed by atoms with Gasteiger partial charge in [-0.05, 0) is 53.6 Å². The van der Waals surface area contributed by atoms with Gasteiger partial charge < -0.3 is 20.1 Å². The second kappa shape index (κ2) is 13.3. The third kappa shape index (κ3) is 7.03. The topological polar surface area (TPSA) is 89.4 Å². The maximum Gasteiger partial charge on any atom is 0.162 e. The summed E-state index contributed by atoms with van der Waals surface area (Å²) in [7, 11) is 0. The monoisotopic (exact) mass is 587 g/mol. The van der Waals surface area contributed by atoms with Crippen LogP contribution in [0.25, 0.3) is 16.7 Å². The minimum absolute atomic E-state index is 0.209. The largest absolute Gasteiger partial charge is 0.487 e. The Balaban J connectivity index is 1.08. The van der Waals surface area contributed by atoms with Crippen molar-refractivity contribution in [1.82, 2.24) is 30.0 Å². The highest BCUT2D eigenvalue weighted by Gasteiger charge is 2.12. The minimum atomic E-state index is -0.305. The van der Waals surface area contributed by atoms with Crippen molar-refractivity contribution in [2.45, 2.75) is 13.2 Å². The zero-order chi connectivity index (χ0) is 28.7. The van der Waals surface area contributed by atoms with E-state index in [1.807, 2.05) is 24.4 Å². The summed E-state index contributed by atoms with van der Waals surface area (Å²) in [6, 6.07) is 19.9. The number of halogens is 2. The number of benzene rings is 3. The van der Waals surface area contributed by atoms with Crippen molar-refractivity contribution < 1.29 is 13.9 Å². The van der Waals surface area contributed by atoms with E-state index in [-0.39, 0.29) is 12.4 Å². The fourth-order valence-corrected chi connectivity index (χ4v) is 4.98. The van der Waals surface area contributed by atoms with Crippen molar-refractivity contribution >= 4 is 34.1 Å². The van der Waals surface area contributed by atoms with Crippen molar-refractivity contribution in [3.8, 4) is 11.4 Å². The van der Waals surface area contributed by atoms with Crippen LogP contribution in [0.4, 0.5) is 15.9 Å². The zero-order valence-corrected chi connectivity index (χ0v) is 23.7. The number of nitrogens with one attached hydrogen (secondary N) is 2. The van der Waals surface area contributed by atoms with Crippen LogP contribution in [0.3, 0.4) is 0 Å². The third-order valence-corrected chi connectivity index (χ3v) is 7.31. The first-order valence-electron chi connectivity index (χ1n) is 13.8. The van der Waals surface area contributed by atoms with Gasteiger partial charge in [0, 0.05) is 38.4 Å². The zero-order valence-electron chi connectivity index (χ0n) is 23.0. The molecule has 216 valence electrons. The van der Waals surface area contributed by atoms with Gasteiger partial charge in [0.1, 0.15) is 30.0 Å². The lowest BCUT2D eigenvalue weighted by atomic mass is 10.2. The van der Waals surface area contributed by atoms with Gasteiger partial charge in [-0.2, -0.15) is 5.10 Å². The van der Waals surface area contributed by atoms with Crippen molar-refractivity contribution in [3.05, 3.63) is 101 Å². The third-order valence-electron chi connectivity index (χ3n) is 7.02. The summed E-state index contributed by atoms with van der Waals surface area (Å²) in [5.41, 5.74) is 4.92. The summed E-state index contributed by atoms with van der Waals surface area (Å²) in [4.78, 5) is 11.2. The second-order valence-corrected chi connectivity index (χ2v) is 10.4. The van der Waals surface area contributed by atoms with E-state index in [0.29, 0.717) is 27.6 Å². The number of morpholine rings is 1. The molecular formula is C31H31ClFN7O2. The van der Waals surface area contributed by atoms with Crippen LogP contribution in [0.2, 0.25) is 5.02 Å². The molecule has 2 N–H and O–H groups in total. The van der Waals surface area contributed by atoms with Crippen LogP contribution >= 0.6 is 11.6 Å². The minimum Gasteiger partial charge on any atom is -0.487 e. The maximum absolute atomic E-state index is 13.4. The molecule has 0 atom stereocenters. The van der Waals surface area contributed by atoms with Crippen LogP contribution in [-0.2, 0) is 17.9 Å². The van der Waals surface area contributed by atoms with Gasteiger partial charge in [-0.1, -0.05) is 35.9 Å². The standard InChI is InChI=1S/C31H31ClFN7O2/c32-27-17-25(6-9-29(27)42-20-23-2-1-3-24(33)16-23)37-31-30-28(35-21-36-31)19-40(38-30)26-7-4-22(5-8-26)18-34-10-11-39-12-14-41-15-13-39/h1-9,16-17,19,21,34H,10-15,18,20H2,(H,35,36,37). The number of aromatic nitrogens is 4. The number of nitrogens with zero attached hydrogens (tertiary/aromatic N) is 5. The van der Waals surface area contributed by atoms with Gasteiger partial charge >= 0.3 is 0 Å². The van der Waals surface area contributed by atoms with E-state index in [0.717, 1.165) is 62.9 Å². The number of hydrogen-bond acceptors (Lipinski definition) is 8. The van der Waals surface area contributed by atoms with Crippen LogP contribution in [-0.4, -0.2) is 64.0 Å². The van der Waals surface area contributed by atoms with Gasteiger partial charge in [0.25, 0.3) is 0 Å². The molecule has 5 aromatic rings. The van der Waals surface area contributed by atoms with Gasteiger partial charge in [-0.3, -0.25) is 4.90 Å². The normalized spacial score (nSPS) is 13.9. The molecule has 0 radical (unpaired) electrons. The lowest BCUT2D eigenvalue weighted by Crippen LogP contribution is -2.40. The average Bonchev–Trinajstić information content (AvgIpc) is 3.45. The first-order valence-corrected chi connectivity index (χ1v) is 14.2. The number of fused-ring (bicyclic) bond motifs is 1. The van der Waals surface area contributed by atoms with Gasteiger partial charge in [-0.25, -0.2) is 19.0 Å². The molecule has 6 rings (SSSR count). The summed E-state index contributed by atoms with van der Waals surface area (Å²) in [6.45, 7) is 6.64. The summed E-state index contributed by atoms with van der Waals surface area (Å²) in [5, 5.41) is 12.0. The van der Waals surface area contributed by atoms with Gasteiger partial charge in [0.05, 0.1) is 30.1 Å². The highest BCUT2D eigenvalue weighted by atomic mass is 35.5. The molecule has 11 heteroatoms. The molecule has 9 nitrogen and oxygen atoms in total. The van der Waals surface area contributed by atoms with Crippen molar-refractivity contribution in [3.63, 3.8) is 0 Å². The number of hydrogen-bond donors (Lipinski definition) is 2. The van der Waals surface area contributed by atoms with E-state index in [2.05, 4.69) is 37.6 Å². The molecule has 3 heterocycles. The molecule has 42 heavy (non-hydrogen) atoms. The predicted octanol–water partition coefficient (Wildman–Crippen LogP) is 5.35. The van der Waals surface area contributed by atoms with E-state index < -0.39 is 0 Å². The molecule has 0 amide bonds. The Morgan fingerprint density at radius 3 is 2.64 bits per heavy atom. The summed E-state index contributed by atoms with van der Waals surface area (Å²) >= 11 is 6.48. The Bertz CT molecular complexity index is 1640. The van der Waals surface area contributed by atoms with E-state index in [1.165, 1.54) is 24.0 Å². The van der Waals surface area contributed by atoms with E-state index in [9.17, 15) is 4.39 Å². The number of rotatable bonds is 11.